The second kappa shape index (κ2) is 9.22. The molecule has 9 heteroatoms. The van der Waals surface area contributed by atoms with Crippen LogP contribution in [0.5, 0.6) is 11.5 Å². The van der Waals surface area contributed by atoms with E-state index in [1.54, 1.807) is 43.5 Å². The molecule has 164 valence electrons. The van der Waals surface area contributed by atoms with Crippen LogP contribution in [0.1, 0.15) is 22.3 Å². The maximum Gasteiger partial charge on any atom is 0.273 e. The molecule has 1 aliphatic heterocycles. The lowest BCUT2D eigenvalue weighted by molar-refractivity contribution is -0.134. The number of hydrazine groups is 1. The number of methoxy groups -OCH3 is 2. The van der Waals surface area contributed by atoms with Crippen LogP contribution in [0, 0.1) is 0 Å². The zero-order valence-corrected chi connectivity index (χ0v) is 18.4. The Labute approximate surface area is 181 Å². The van der Waals surface area contributed by atoms with E-state index in [1.807, 2.05) is 0 Å². The van der Waals surface area contributed by atoms with Crippen LogP contribution in [0.2, 0.25) is 0 Å². The van der Waals surface area contributed by atoms with Crippen molar-refractivity contribution in [2.24, 2.45) is 0 Å². The minimum atomic E-state index is -3.60. The third kappa shape index (κ3) is 4.88. The SMILES string of the molecule is COc1ccc(OC)c(/C=C/C(=O)N2CCCN2C(=O)c2ccccc2S(C)(=O)=O)c1. The normalized spacial score (nSPS) is 14.2. The molecule has 0 aliphatic carbocycles. The average molecular weight is 445 g/mol. The summed E-state index contributed by atoms with van der Waals surface area (Å²) >= 11 is 0. The average Bonchev–Trinajstić information content (AvgIpc) is 3.26. The molecule has 0 spiro atoms. The van der Waals surface area contributed by atoms with Gasteiger partial charge in [0.05, 0.1) is 24.7 Å². The molecule has 0 saturated carbocycles. The van der Waals surface area contributed by atoms with Crippen LogP contribution in [0.3, 0.4) is 0 Å². The van der Waals surface area contributed by atoms with E-state index in [9.17, 15) is 18.0 Å². The van der Waals surface area contributed by atoms with Gasteiger partial charge in [0.15, 0.2) is 9.84 Å². The van der Waals surface area contributed by atoms with Gasteiger partial charge in [-0.1, -0.05) is 12.1 Å². The van der Waals surface area contributed by atoms with Gasteiger partial charge in [-0.2, -0.15) is 0 Å². The van der Waals surface area contributed by atoms with Gasteiger partial charge in [-0.3, -0.25) is 9.59 Å². The van der Waals surface area contributed by atoms with Crippen LogP contribution in [0.15, 0.2) is 53.4 Å². The van der Waals surface area contributed by atoms with Crippen molar-refractivity contribution < 1.29 is 27.5 Å². The second-order valence-electron chi connectivity index (χ2n) is 6.95. The summed E-state index contributed by atoms with van der Waals surface area (Å²) in [6.45, 7) is 0.671. The molecular formula is C22H24N2O6S. The van der Waals surface area contributed by atoms with Crippen molar-refractivity contribution >= 4 is 27.7 Å². The predicted octanol–water partition coefficient (Wildman–Crippen LogP) is 2.41. The van der Waals surface area contributed by atoms with Crippen LogP contribution in [-0.4, -0.2) is 63.8 Å². The summed E-state index contributed by atoms with van der Waals surface area (Å²) in [5.74, 6) is 0.260. The lowest BCUT2D eigenvalue weighted by Gasteiger charge is -2.27. The quantitative estimate of drug-likeness (QED) is 0.636. The van der Waals surface area contributed by atoms with Crippen molar-refractivity contribution in [3.05, 3.63) is 59.7 Å². The third-order valence-electron chi connectivity index (χ3n) is 4.88. The molecule has 0 aromatic heterocycles. The molecule has 31 heavy (non-hydrogen) atoms. The summed E-state index contributed by atoms with van der Waals surface area (Å²) in [5.41, 5.74) is 0.692. The van der Waals surface area contributed by atoms with Crippen molar-refractivity contribution in [3.63, 3.8) is 0 Å². The topological polar surface area (TPSA) is 93.2 Å². The van der Waals surface area contributed by atoms with Gasteiger partial charge in [0.25, 0.3) is 11.8 Å². The number of ether oxygens (including phenoxy) is 2. The van der Waals surface area contributed by atoms with Gasteiger partial charge >= 0.3 is 0 Å². The molecular weight excluding hydrogens is 420 g/mol. The monoisotopic (exact) mass is 444 g/mol. The number of nitrogens with zero attached hydrogens (tertiary/aromatic N) is 2. The molecule has 8 nitrogen and oxygen atoms in total. The lowest BCUT2D eigenvalue weighted by atomic mass is 10.1. The summed E-state index contributed by atoms with van der Waals surface area (Å²) in [5, 5.41) is 2.62. The van der Waals surface area contributed by atoms with Gasteiger partial charge in [-0.05, 0) is 42.8 Å². The van der Waals surface area contributed by atoms with Crippen LogP contribution in [-0.2, 0) is 14.6 Å². The number of hydrogen-bond acceptors (Lipinski definition) is 6. The third-order valence-corrected chi connectivity index (χ3v) is 6.03. The Kier molecular flexibility index (Phi) is 6.65. The van der Waals surface area contributed by atoms with E-state index in [0.29, 0.717) is 36.6 Å². The fourth-order valence-electron chi connectivity index (χ4n) is 3.37. The number of carbonyl (C=O) groups is 2. The Morgan fingerprint density at radius 3 is 2.39 bits per heavy atom. The first kappa shape index (κ1) is 22.4. The van der Waals surface area contributed by atoms with E-state index in [0.717, 1.165) is 6.26 Å². The van der Waals surface area contributed by atoms with E-state index >= 15 is 0 Å². The van der Waals surface area contributed by atoms with Gasteiger partial charge in [0.1, 0.15) is 11.5 Å². The summed E-state index contributed by atoms with van der Waals surface area (Å²) in [6, 6.07) is 11.2. The number of sulfone groups is 1. The smallest absolute Gasteiger partial charge is 0.273 e. The fraction of sp³-hybridized carbons (Fsp3) is 0.273. The maximum absolute atomic E-state index is 13.1. The largest absolute Gasteiger partial charge is 0.497 e. The van der Waals surface area contributed by atoms with Crippen LogP contribution in [0.25, 0.3) is 6.08 Å². The Hall–Kier alpha value is -3.33. The zero-order chi connectivity index (χ0) is 22.6. The molecule has 0 unspecified atom stereocenters. The highest BCUT2D eigenvalue weighted by Gasteiger charge is 2.32. The molecule has 0 bridgehead atoms. The zero-order valence-electron chi connectivity index (χ0n) is 17.6. The van der Waals surface area contributed by atoms with Crippen LogP contribution >= 0.6 is 0 Å². The standard InChI is InChI=1S/C22H24N2O6S/c1-29-17-10-11-19(30-2)16(15-17)9-12-21(25)23-13-6-14-24(23)22(26)18-7-4-5-8-20(18)31(3,27)28/h4-5,7-12,15H,6,13-14H2,1-3H3/b12-9+. The Morgan fingerprint density at radius 1 is 1.00 bits per heavy atom. The van der Waals surface area contributed by atoms with Gasteiger partial charge in [-0.25, -0.2) is 18.4 Å². The summed E-state index contributed by atoms with van der Waals surface area (Å²) in [6.07, 6.45) is 4.59. The van der Waals surface area contributed by atoms with Gasteiger partial charge < -0.3 is 9.47 Å². The van der Waals surface area contributed by atoms with Crippen molar-refractivity contribution in [2.45, 2.75) is 11.3 Å². The molecule has 2 aromatic rings. The molecule has 3 rings (SSSR count). The Morgan fingerprint density at radius 2 is 1.71 bits per heavy atom. The first-order valence-electron chi connectivity index (χ1n) is 9.58. The Bertz CT molecular complexity index is 1130. The Balaban J connectivity index is 1.85. The van der Waals surface area contributed by atoms with Gasteiger partial charge in [0.2, 0.25) is 0 Å². The molecule has 0 radical (unpaired) electrons. The molecule has 1 saturated heterocycles. The molecule has 2 aromatic carbocycles. The number of amides is 2. The number of carbonyl (C=O) groups excluding carboxylic acids is 2. The van der Waals surface area contributed by atoms with E-state index in [1.165, 1.54) is 35.3 Å². The number of rotatable bonds is 6. The maximum atomic E-state index is 13.1. The summed E-state index contributed by atoms with van der Waals surface area (Å²) in [7, 11) is -0.524. The fourth-order valence-corrected chi connectivity index (χ4v) is 4.26. The van der Waals surface area contributed by atoms with Crippen molar-refractivity contribution in [2.75, 3.05) is 33.6 Å². The highest BCUT2D eigenvalue weighted by Crippen LogP contribution is 2.26. The van der Waals surface area contributed by atoms with Gasteiger partial charge in [0, 0.05) is 31.0 Å². The second-order valence-corrected chi connectivity index (χ2v) is 8.94. The minimum absolute atomic E-state index is 0.0446. The lowest BCUT2D eigenvalue weighted by Crippen LogP contribution is -2.44. The van der Waals surface area contributed by atoms with Crippen LogP contribution in [0.4, 0.5) is 0 Å². The summed E-state index contributed by atoms with van der Waals surface area (Å²) in [4.78, 5) is 25.9. The molecule has 0 atom stereocenters. The molecule has 2 amide bonds. The predicted molar refractivity (Wildman–Crippen MR) is 115 cm³/mol. The number of hydrogen-bond donors (Lipinski definition) is 0. The molecule has 1 heterocycles. The summed E-state index contributed by atoms with van der Waals surface area (Å²) < 4.78 is 34.7. The first-order chi connectivity index (χ1) is 14.8. The van der Waals surface area contributed by atoms with Crippen molar-refractivity contribution in [1.82, 2.24) is 10.0 Å². The molecule has 0 N–H and O–H groups in total. The molecule has 1 aliphatic rings. The van der Waals surface area contributed by atoms with Crippen molar-refractivity contribution in [3.8, 4) is 11.5 Å². The first-order valence-corrected chi connectivity index (χ1v) is 11.5. The van der Waals surface area contributed by atoms with Crippen LogP contribution < -0.4 is 9.47 Å². The van der Waals surface area contributed by atoms with E-state index in [-0.39, 0.29) is 10.5 Å². The van der Waals surface area contributed by atoms with Crippen molar-refractivity contribution in [1.29, 1.82) is 0 Å². The molecule has 1 fully saturated rings. The highest BCUT2D eigenvalue weighted by atomic mass is 32.2. The number of benzene rings is 2. The van der Waals surface area contributed by atoms with E-state index in [4.69, 9.17) is 9.47 Å². The minimum Gasteiger partial charge on any atom is -0.497 e. The van der Waals surface area contributed by atoms with E-state index < -0.39 is 21.7 Å². The van der Waals surface area contributed by atoms with Gasteiger partial charge in [-0.15, -0.1) is 0 Å². The highest BCUT2D eigenvalue weighted by molar-refractivity contribution is 7.90. The van der Waals surface area contributed by atoms with E-state index in [2.05, 4.69) is 0 Å².